The van der Waals surface area contributed by atoms with Gasteiger partial charge < -0.3 is 14.6 Å². The number of anilines is 1. The molecule has 1 amide bonds. The third-order valence-corrected chi connectivity index (χ3v) is 5.76. The summed E-state index contributed by atoms with van der Waals surface area (Å²) in [7, 11) is 0. The first-order chi connectivity index (χ1) is 12.9. The Morgan fingerprint density at radius 3 is 2.44 bits per heavy atom. The van der Waals surface area contributed by atoms with Gasteiger partial charge in [0.1, 0.15) is 5.00 Å². The van der Waals surface area contributed by atoms with Gasteiger partial charge >= 0.3 is 5.97 Å². The van der Waals surface area contributed by atoms with Crippen LogP contribution in [0.5, 0.6) is 0 Å². The van der Waals surface area contributed by atoms with Gasteiger partial charge in [-0.1, -0.05) is 6.07 Å². The van der Waals surface area contributed by atoms with Crippen molar-refractivity contribution in [2.45, 2.75) is 27.7 Å². The van der Waals surface area contributed by atoms with Crippen molar-refractivity contribution in [3.05, 3.63) is 69.9 Å². The van der Waals surface area contributed by atoms with Crippen molar-refractivity contribution >= 4 is 28.9 Å². The van der Waals surface area contributed by atoms with Gasteiger partial charge in [0.2, 0.25) is 0 Å². The molecule has 6 heteroatoms. The maximum absolute atomic E-state index is 12.6. The molecule has 5 nitrogen and oxygen atoms in total. The first kappa shape index (κ1) is 18.9. The average molecular weight is 382 g/mol. The van der Waals surface area contributed by atoms with E-state index in [9.17, 15) is 9.59 Å². The summed E-state index contributed by atoms with van der Waals surface area (Å²) in [4.78, 5) is 25.8. The molecule has 27 heavy (non-hydrogen) atoms. The van der Waals surface area contributed by atoms with Gasteiger partial charge in [0, 0.05) is 23.0 Å². The lowest BCUT2D eigenvalue weighted by Gasteiger charge is -2.09. The molecule has 0 atom stereocenters. The molecule has 0 aliphatic rings. The molecule has 0 saturated heterocycles. The number of amides is 1. The van der Waals surface area contributed by atoms with Crippen LogP contribution in [0.25, 0.3) is 5.00 Å². The number of carbonyl (C=O) groups excluding carboxylic acids is 2. The van der Waals surface area contributed by atoms with Crippen LogP contribution in [0.1, 0.15) is 31.9 Å². The number of nitrogens with zero attached hydrogens (tertiary/aromatic N) is 1. The molecule has 140 valence electrons. The predicted molar refractivity (Wildman–Crippen MR) is 108 cm³/mol. The minimum Gasteiger partial charge on any atom is -0.452 e. The van der Waals surface area contributed by atoms with Crippen LogP contribution in [-0.2, 0) is 9.53 Å². The largest absolute Gasteiger partial charge is 0.452 e. The van der Waals surface area contributed by atoms with Crippen LogP contribution < -0.4 is 5.32 Å². The summed E-state index contributed by atoms with van der Waals surface area (Å²) in [6.45, 7) is 7.53. The zero-order valence-electron chi connectivity index (χ0n) is 15.8. The number of hydrogen-bond acceptors (Lipinski definition) is 4. The van der Waals surface area contributed by atoms with Gasteiger partial charge in [-0.15, -0.1) is 11.3 Å². The summed E-state index contributed by atoms with van der Waals surface area (Å²) < 4.78 is 7.18. The summed E-state index contributed by atoms with van der Waals surface area (Å²) in [5.41, 5.74) is 4.32. The summed E-state index contributed by atoms with van der Waals surface area (Å²) >= 11 is 1.53. The summed E-state index contributed by atoms with van der Waals surface area (Å²) in [5.74, 6) is -0.852. The van der Waals surface area contributed by atoms with Gasteiger partial charge in [-0.2, -0.15) is 0 Å². The topological polar surface area (TPSA) is 60.3 Å². The molecule has 2 aromatic heterocycles. The molecule has 3 rings (SSSR count). The van der Waals surface area contributed by atoms with Crippen LogP contribution >= 0.6 is 11.3 Å². The Hall–Kier alpha value is -2.86. The number of hydrogen-bond donors (Lipinski definition) is 1. The summed E-state index contributed by atoms with van der Waals surface area (Å²) in [6.07, 6.45) is 3.77. The molecule has 1 aromatic carbocycles. The first-order valence-electron chi connectivity index (χ1n) is 8.64. The zero-order valence-corrected chi connectivity index (χ0v) is 16.6. The quantitative estimate of drug-likeness (QED) is 0.658. The third-order valence-electron chi connectivity index (χ3n) is 4.53. The van der Waals surface area contributed by atoms with E-state index in [1.807, 2.05) is 75.0 Å². The van der Waals surface area contributed by atoms with Crippen LogP contribution in [0.15, 0.2) is 42.7 Å². The Morgan fingerprint density at radius 1 is 1.07 bits per heavy atom. The molecule has 0 aliphatic carbocycles. The van der Waals surface area contributed by atoms with Crippen LogP contribution in [0.2, 0.25) is 0 Å². The van der Waals surface area contributed by atoms with Gasteiger partial charge in [-0.3, -0.25) is 4.79 Å². The van der Waals surface area contributed by atoms with E-state index in [0.717, 1.165) is 26.6 Å². The number of benzene rings is 1. The molecule has 0 aliphatic heterocycles. The maximum atomic E-state index is 12.6. The maximum Gasteiger partial charge on any atom is 0.341 e. The molecular weight excluding hydrogens is 360 g/mol. The number of rotatable bonds is 5. The minimum atomic E-state index is -0.490. The third kappa shape index (κ3) is 4.11. The Morgan fingerprint density at radius 2 is 1.78 bits per heavy atom. The van der Waals surface area contributed by atoms with Crippen LogP contribution in [0, 0.1) is 27.7 Å². The molecular formula is C21H22N2O3S. The van der Waals surface area contributed by atoms with Crippen LogP contribution in [0.4, 0.5) is 5.69 Å². The Kier molecular flexibility index (Phi) is 5.46. The highest BCUT2D eigenvalue weighted by Crippen LogP contribution is 2.31. The molecule has 2 heterocycles. The number of nitrogens with one attached hydrogen (secondary N) is 1. The average Bonchev–Trinajstić information content (AvgIpc) is 3.25. The molecule has 0 fully saturated rings. The Labute approximate surface area is 162 Å². The summed E-state index contributed by atoms with van der Waals surface area (Å²) in [5, 5.41) is 3.56. The number of carbonyl (C=O) groups is 2. The lowest BCUT2D eigenvalue weighted by molar-refractivity contribution is -0.119. The fourth-order valence-electron chi connectivity index (χ4n) is 2.72. The highest BCUT2D eigenvalue weighted by atomic mass is 32.1. The van der Waals surface area contributed by atoms with Crippen molar-refractivity contribution in [3.63, 3.8) is 0 Å². The van der Waals surface area contributed by atoms with Gasteiger partial charge in [-0.05, 0) is 68.7 Å². The Bertz CT molecular complexity index is 987. The van der Waals surface area contributed by atoms with Crippen molar-refractivity contribution < 1.29 is 14.3 Å². The fraction of sp³-hybridized carbons (Fsp3) is 0.238. The smallest absolute Gasteiger partial charge is 0.341 e. The lowest BCUT2D eigenvalue weighted by Crippen LogP contribution is -2.21. The van der Waals surface area contributed by atoms with Crippen molar-refractivity contribution in [2.24, 2.45) is 0 Å². The number of esters is 1. The standard InChI is InChI=1S/C21H22N2O3S/c1-13-7-8-17(11-14(13)2)22-18(24)12-26-21(25)19-15(3)16(4)27-20(19)23-9-5-6-10-23/h5-11H,12H2,1-4H3,(H,22,24). The molecule has 0 saturated carbocycles. The highest BCUT2D eigenvalue weighted by molar-refractivity contribution is 7.15. The summed E-state index contributed by atoms with van der Waals surface area (Å²) in [6, 6.07) is 9.47. The minimum absolute atomic E-state index is 0.328. The van der Waals surface area contributed by atoms with E-state index >= 15 is 0 Å². The van der Waals surface area contributed by atoms with E-state index in [1.165, 1.54) is 11.3 Å². The van der Waals surface area contributed by atoms with Crippen molar-refractivity contribution in [1.29, 1.82) is 0 Å². The van der Waals surface area contributed by atoms with E-state index in [0.29, 0.717) is 11.3 Å². The molecule has 0 radical (unpaired) electrons. The molecule has 3 aromatic rings. The fourth-order valence-corrected chi connectivity index (χ4v) is 3.83. The second-order valence-electron chi connectivity index (χ2n) is 6.48. The van der Waals surface area contributed by atoms with E-state index in [1.54, 1.807) is 0 Å². The highest BCUT2D eigenvalue weighted by Gasteiger charge is 2.22. The van der Waals surface area contributed by atoms with Gasteiger partial charge in [-0.25, -0.2) is 4.79 Å². The number of ether oxygens (including phenoxy) is 1. The second-order valence-corrected chi connectivity index (χ2v) is 7.68. The van der Waals surface area contributed by atoms with Gasteiger partial charge in [0.25, 0.3) is 5.91 Å². The van der Waals surface area contributed by atoms with Gasteiger partial charge in [0.05, 0.1) is 5.56 Å². The lowest BCUT2D eigenvalue weighted by atomic mass is 10.1. The monoisotopic (exact) mass is 382 g/mol. The normalized spacial score (nSPS) is 10.7. The second kappa shape index (κ2) is 7.80. The number of aromatic nitrogens is 1. The first-order valence-corrected chi connectivity index (χ1v) is 9.46. The van der Waals surface area contributed by atoms with E-state index < -0.39 is 5.97 Å². The van der Waals surface area contributed by atoms with Gasteiger partial charge in [0.15, 0.2) is 6.61 Å². The zero-order chi connectivity index (χ0) is 19.6. The van der Waals surface area contributed by atoms with Crippen LogP contribution in [-0.4, -0.2) is 23.1 Å². The van der Waals surface area contributed by atoms with Crippen molar-refractivity contribution in [3.8, 4) is 5.00 Å². The van der Waals surface area contributed by atoms with E-state index in [-0.39, 0.29) is 12.5 Å². The molecule has 0 bridgehead atoms. The Balaban J connectivity index is 1.69. The predicted octanol–water partition coefficient (Wildman–Crippen LogP) is 4.57. The number of thiophene rings is 1. The number of aryl methyl sites for hydroxylation is 3. The van der Waals surface area contributed by atoms with Crippen molar-refractivity contribution in [2.75, 3.05) is 11.9 Å². The SMILES string of the molecule is Cc1ccc(NC(=O)COC(=O)c2c(-n3cccc3)sc(C)c2C)cc1C. The molecule has 0 unspecified atom stereocenters. The molecule has 0 spiro atoms. The molecule has 1 N–H and O–H groups in total. The van der Waals surface area contributed by atoms with E-state index in [4.69, 9.17) is 4.74 Å². The van der Waals surface area contributed by atoms with Crippen LogP contribution in [0.3, 0.4) is 0 Å². The van der Waals surface area contributed by atoms with Crippen molar-refractivity contribution in [1.82, 2.24) is 4.57 Å². The van der Waals surface area contributed by atoms with E-state index in [2.05, 4.69) is 5.32 Å².